The summed E-state index contributed by atoms with van der Waals surface area (Å²) in [6, 6.07) is 3.64. The Morgan fingerprint density at radius 3 is 2.08 bits per heavy atom. The van der Waals surface area contributed by atoms with Gasteiger partial charge in [0.05, 0.1) is 17.9 Å². The Balaban J connectivity index is 1.85. The first-order valence-electron chi connectivity index (χ1n) is 11.1. The third-order valence-corrected chi connectivity index (χ3v) is 6.46. The maximum atomic E-state index is 14.0. The highest BCUT2D eigenvalue weighted by molar-refractivity contribution is 6.30. The largest absolute Gasteiger partial charge is 0.454 e. The standard InChI is InChI=1S/C23H23ClF8N4/c1-12-6-13(2)18(14(3)7-12)36-17(24)10-35-16(19(22(27,28)29)33-20(35)36)9-34(8-15-4-5-15)11-21(25,26)23(30,31)32/h6-7,10,15H,4-5,8-9,11H2,1-3H3. The minimum atomic E-state index is -5.83. The van der Waals surface area contributed by atoms with Crippen LogP contribution in [0.15, 0.2) is 18.3 Å². The van der Waals surface area contributed by atoms with Gasteiger partial charge >= 0.3 is 18.3 Å². The molecule has 1 fully saturated rings. The van der Waals surface area contributed by atoms with Crippen LogP contribution >= 0.6 is 11.6 Å². The molecule has 1 aromatic carbocycles. The minimum Gasteiger partial charge on any atom is -0.291 e. The highest BCUT2D eigenvalue weighted by Gasteiger charge is 2.58. The predicted octanol–water partition coefficient (Wildman–Crippen LogP) is 7.13. The molecule has 0 amide bonds. The topological polar surface area (TPSA) is 25.5 Å². The summed E-state index contributed by atoms with van der Waals surface area (Å²) >= 11 is 6.40. The molecule has 4 nitrogen and oxygen atoms in total. The normalized spacial score (nSPS) is 15.5. The molecule has 0 spiro atoms. The molecule has 0 N–H and O–H groups in total. The van der Waals surface area contributed by atoms with Crippen LogP contribution in [-0.2, 0) is 12.7 Å². The first-order chi connectivity index (χ1) is 16.5. The van der Waals surface area contributed by atoms with E-state index in [1.807, 2.05) is 19.1 Å². The number of alkyl halides is 8. The molecular weight excluding hydrogens is 520 g/mol. The molecule has 1 saturated carbocycles. The van der Waals surface area contributed by atoms with Crippen LogP contribution in [-0.4, -0.2) is 44.0 Å². The molecule has 0 saturated heterocycles. The first kappa shape index (κ1) is 26.7. The van der Waals surface area contributed by atoms with Crippen LogP contribution in [0.25, 0.3) is 11.5 Å². The number of aromatic nitrogens is 3. The van der Waals surface area contributed by atoms with Gasteiger partial charge in [-0.2, -0.15) is 35.1 Å². The zero-order valence-corrected chi connectivity index (χ0v) is 20.3. The second-order valence-corrected chi connectivity index (χ2v) is 9.81. The third kappa shape index (κ3) is 5.06. The summed E-state index contributed by atoms with van der Waals surface area (Å²) in [5.41, 5.74) is 0.941. The Morgan fingerprint density at radius 2 is 1.58 bits per heavy atom. The van der Waals surface area contributed by atoms with Gasteiger partial charge in [-0.25, -0.2) is 4.98 Å². The lowest BCUT2D eigenvalue weighted by Crippen LogP contribution is -2.47. The van der Waals surface area contributed by atoms with Gasteiger partial charge in [0.25, 0.3) is 0 Å². The number of benzene rings is 1. The Bertz CT molecular complexity index is 1260. The maximum Gasteiger partial charge on any atom is 0.454 e. The number of halogens is 9. The van der Waals surface area contributed by atoms with Gasteiger partial charge in [-0.05, 0) is 50.7 Å². The van der Waals surface area contributed by atoms with Crippen LogP contribution in [0.1, 0.15) is 40.9 Å². The van der Waals surface area contributed by atoms with E-state index in [1.54, 1.807) is 13.8 Å². The highest BCUT2D eigenvalue weighted by atomic mass is 35.5. The van der Waals surface area contributed by atoms with Crippen molar-refractivity contribution in [3.05, 3.63) is 51.6 Å². The van der Waals surface area contributed by atoms with Crippen LogP contribution < -0.4 is 0 Å². The molecule has 36 heavy (non-hydrogen) atoms. The lowest BCUT2D eigenvalue weighted by atomic mass is 10.1. The van der Waals surface area contributed by atoms with E-state index in [1.165, 1.54) is 10.8 Å². The van der Waals surface area contributed by atoms with Crippen molar-refractivity contribution in [3.63, 3.8) is 0 Å². The van der Waals surface area contributed by atoms with E-state index in [9.17, 15) is 35.1 Å². The number of hydrogen-bond donors (Lipinski definition) is 0. The Labute approximate surface area is 206 Å². The van der Waals surface area contributed by atoms with Crippen LogP contribution in [0.5, 0.6) is 0 Å². The lowest BCUT2D eigenvalue weighted by molar-refractivity contribution is -0.287. The van der Waals surface area contributed by atoms with Crippen LogP contribution in [0, 0.1) is 26.7 Å². The molecule has 3 aromatic rings. The van der Waals surface area contributed by atoms with E-state index in [-0.39, 0.29) is 23.4 Å². The minimum absolute atomic E-state index is 0.0110. The van der Waals surface area contributed by atoms with E-state index in [0.717, 1.165) is 14.9 Å². The smallest absolute Gasteiger partial charge is 0.291 e. The van der Waals surface area contributed by atoms with Gasteiger partial charge in [-0.15, -0.1) is 0 Å². The Kier molecular flexibility index (Phi) is 6.60. The zero-order valence-electron chi connectivity index (χ0n) is 19.5. The van der Waals surface area contributed by atoms with Crippen molar-refractivity contribution in [1.82, 2.24) is 18.9 Å². The number of aryl methyl sites for hydroxylation is 3. The van der Waals surface area contributed by atoms with Gasteiger partial charge in [0.2, 0.25) is 5.78 Å². The fourth-order valence-corrected chi connectivity index (χ4v) is 4.81. The van der Waals surface area contributed by atoms with E-state index in [4.69, 9.17) is 11.6 Å². The molecule has 1 aliphatic carbocycles. The van der Waals surface area contributed by atoms with Crippen LogP contribution in [0.3, 0.4) is 0 Å². The van der Waals surface area contributed by atoms with E-state index in [2.05, 4.69) is 4.98 Å². The van der Waals surface area contributed by atoms with Crippen molar-refractivity contribution in [1.29, 1.82) is 0 Å². The number of nitrogens with zero attached hydrogens (tertiary/aromatic N) is 4. The van der Waals surface area contributed by atoms with Crippen molar-refractivity contribution in [2.45, 2.75) is 58.4 Å². The molecule has 0 radical (unpaired) electrons. The Hall–Kier alpha value is -2.34. The summed E-state index contributed by atoms with van der Waals surface area (Å²) in [5.74, 6) is -5.46. The summed E-state index contributed by atoms with van der Waals surface area (Å²) in [5, 5.41) is 0.0110. The molecular formula is C23H23ClF8N4. The average molecular weight is 543 g/mol. The van der Waals surface area contributed by atoms with Gasteiger partial charge < -0.3 is 0 Å². The zero-order chi connectivity index (χ0) is 26.8. The first-order valence-corrected chi connectivity index (χ1v) is 11.5. The van der Waals surface area contributed by atoms with Crippen molar-refractivity contribution in [2.24, 2.45) is 5.92 Å². The van der Waals surface area contributed by atoms with Gasteiger partial charge in [0.1, 0.15) is 5.15 Å². The van der Waals surface area contributed by atoms with Crippen molar-refractivity contribution < 1.29 is 35.1 Å². The quantitative estimate of drug-likeness (QED) is 0.297. The summed E-state index contributed by atoms with van der Waals surface area (Å²) < 4.78 is 111. The summed E-state index contributed by atoms with van der Waals surface area (Å²) in [7, 11) is 0. The lowest BCUT2D eigenvalue weighted by Gasteiger charge is -2.28. The second-order valence-electron chi connectivity index (χ2n) is 9.42. The molecule has 4 rings (SSSR count). The molecule has 2 heterocycles. The second kappa shape index (κ2) is 8.90. The van der Waals surface area contributed by atoms with Crippen molar-refractivity contribution >= 4 is 17.4 Å². The molecule has 198 valence electrons. The molecule has 0 aliphatic heterocycles. The fraction of sp³-hybridized carbons (Fsp3) is 0.522. The highest BCUT2D eigenvalue weighted by Crippen LogP contribution is 2.40. The number of imidazole rings is 2. The average Bonchev–Trinajstić information content (AvgIpc) is 3.36. The molecule has 1 aliphatic rings. The van der Waals surface area contributed by atoms with Crippen LogP contribution in [0.2, 0.25) is 5.15 Å². The van der Waals surface area contributed by atoms with Crippen LogP contribution in [0.4, 0.5) is 35.1 Å². The molecule has 2 aromatic heterocycles. The molecule has 0 bridgehead atoms. The monoisotopic (exact) mass is 542 g/mol. The maximum absolute atomic E-state index is 14.0. The molecule has 13 heteroatoms. The van der Waals surface area contributed by atoms with Crippen molar-refractivity contribution in [3.8, 4) is 5.69 Å². The van der Waals surface area contributed by atoms with E-state index in [0.29, 0.717) is 29.7 Å². The van der Waals surface area contributed by atoms with E-state index >= 15 is 0 Å². The number of hydrogen-bond acceptors (Lipinski definition) is 2. The predicted molar refractivity (Wildman–Crippen MR) is 118 cm³/mol. The fourth-order valence-electron chi connectivity index (χ4n) is 4.55. The summed E-state index contributed by atoms with van der Waals surface area (Å²) in [6.45, 7) is 2.60. The van der Waals surface area contributed by atoms with E-state index < -0.39 is 42.8 Å². The van der Waals surface area contributed by atoms with Gasteiger partial charge in [0, 0.05) is 19.3 Å². The third-order valence-electron chi connectivity index (χ3n) is 6.19. The summed E-state index contributed by atoms with van der Waals surface area (Å²) in [4.78, 5) is 4.48. The van der Waals surface area contributed by atoms with Crippen molar-refractivity contribution in [2.75, 3.05) is 13.1 Å². The number of fused-ring (bicyclic) bond motifs is 1. The van der Waals surface area contributed by atoms with Gasteiger partial charge in [-0.1, -0.05) is 29.3 Å². The summed E-state index contributed by atoms with van der Waals surface area (Å²) in [6.07, 6.45) is -8.42. The molecule has 0 atom stereocenters. The Morgan fingerprint density at radius 1 is 1.00 bits per heavy atom. The van der Waals surface area contributed by atoms with Gasteiger partial charge in [-0.3, -0.25) is 13.9 Å². The SMILES string of the molecule is Cc1cc(C)c(-n2c(Cl)cn3c(CN(CC4CC4)CC(F)(F)C(F)(F)F)c(C(F)(F)F)nc23)c(C)c1. The number of rotatable bonds is 7. The molecule has 0 unspecified atom stereocenters. The van der Waals surface area contributed by atoms with Gasteiger partial charge in [0.15, 0.2) is 5.69 Å².